The van der Waals surface area contributed by atoms with Crippen LogP contribution in [0.15, 0.2) is 29.3 Å². The van der Waals surface area contributed by atoms with Crippen molar-refractivity contribution >= 4 is 33.4 Å². The van der Waals surface area contributed by atoms with Crippen molar-refractivity contribution in [2.45, 2.75) is 20.8 Å². The number of benzene rings is 1. The minimum absolute atomic E-state index is 0.219. The van der Waals surface area contributed by atoms with E-state index in [1.54, 1.807) is 14.0 Å². The molecule has 0 spiro atoms. The average molecular weight is 400 g/mol. The number of aromatic nitrogens is 2. The van der Waals surface area contributed by atoms with Crippen LogP contribution in [0.2, 0.25) is 0 Å². The maximum absolute atomic E-state index is 12.4. The van der Waals surface area contributed by atoms with Crippen LogP contribution in [0.4, 0.5) is 0 Å². The second-order valence-corrected chi connectivity index (χ2v) is 7.46. The summed E-state index contributed by atoms with van der Waals surface area (Å²) >= 11 is 1.10. The van der Waals surface area contributed by atoms with Gasteiger partial charge in [0.15, 0.2) is 6.61 Å². The fraction of sp³-hybridized carbons (Fsp3) is 0.263. The van der Waals surface area contributed by atoms with Gasteiger partial charge in [-0.2, -0.15) is 0 Å². The second kappa shape index (κ2) is 7.81. The van der Waals surface area contributed by atoms with E-state index in [4.69, 9.17) is 4.74 Å². The summed E-state index contributed by atoms with van der Waals surface area (Å²) in [5.74, 6) is -0.395. The number of hydrogen-bond donors (Lipinski definition) is 2. The summed E-state index contributed by atoms with van der Waals surface area (Å²) in [6.07, 6.45) is 1.41. The molecule has 8 nitrogen and oxygen atoms in total. The van der Waals surface area contributed by atoms with Gasteiger partial charge >= 0.3 is 0 Å². The third kappa shape index (κ3) is 3.89. The van der Waals surface area contributed by atoms with E-state index >= 15 is 0 Å². The molecule has 3 rings (SSSR count). The number of hydrazine groups is 1. The van der Waals surface area contributed by atoms with Gasteiger partial charge in [0.1, 0.15) is 10.6 Å². The molecule has 0 radical (unpaired) electrons. The van der Waals surface area contributed by atoms with Crippen molar-refractivity contribution < 1.29 is 14.3 Å². The number of nitrogens with zero attached hydrogens (tertiary/aromatic N) is 2. The van der Waals surface area contributed by atoms with Gasteiger partial charge in [0.25, 0.3) is 17.4 Å². The molecule has 1 aromatic carbocycles. The topological polar surface area (TPSA) is 102 Å². The van der Waals surface area contributed by atoms with Gasteiger partial charge < -0.3 is 9.30 Å². The molecule has 2 amide bonds. The zero-order valence-electron chi connectivity index (χ0n) is 16.0. The average Bonchev–Trinajstić information content (AvgIpc) is 3.00. The van der Waals surface area contributed by atoms with E-state index in [9.17, 15) is 14.4 Å². The van der Waals surface area contributed by atoms with Crippen molar-refractivity contribution in [1.29, 1.82) is 0 Å². The molecule has 0 fully saturated rings. The van der Waals surface area contributed by atoms with E-state index in [0.717, 1.165) is 22.5 Å². The minimum Gasteiger partial charge on any atom is -0.483 e. The van der Waals surface area contributed by atoms with Crippen molar-refractivity contribution in [2.75, 3.05) is 6.61 Å². The Bertz CT molecular complexity index is 1130. The van der Waals surface area contributed by atoms with E-state index in [1.165, 1.54) is 10.9 Å². The fourth-order valence-corrected chi connectivity index (χ4v) is 3.69. The first-order chi connectivity index (χ1) is 13.3. The van der Waals surface area contributed by atoms with Gasteiger partial charge in [0.05, 0.1) is 16.6 Å². The van der Waals surface area contributed by atoms with Gasteiger partial charge in [-0.3, -0.25) is 25.2 Å². The van der Waals surface area contributed by atoms with Gasteiger partial charge in [0.2, 0.25) is 0 Å². The summed E-state index contributed by atoms with van der Waals surface area (Å²) in [4.78, 5) is 41.6. The molecule has 0 aliphatic carbocycles. The molecule has 0 aliphatic rings. The Hall–Kier alpha value is -3.20. The summed E-state index contributed by atoms with van der Waals surface area (Å²) in [7, 11) is 1.60. The number of nitrogens with one attached hydrogen (secondary N) is 2. The van der Waals surface area contributed by atoms with Crippen LogP contribution < -0.4 is 21.1 Å². The number of thiophene rings is 1. The lowest BCUT2D eigenvalue weighted by Gasteiger charge is -2.11. The molecule has 2 aromatic heterocycles. The molecule has 28 heavy (non-hydrogen) atoms. The molecule has 0 aliphatic heterocycles. The van der Waals surface area contributed by atoms with E-state index in [1.807, 2.05) is 32.0 Å². The van der Waals surface area contributed by atoms with Crippen LogP contribution in [-0.2, 0) is 11.8 Å². The van der Waals surface area contributed by atoms with Gasteiger partial charge in [-0.05, 0) is 43.5 Å². The van der Waals surface area contributed by atoms with Crippen LogP contribution in [0.25, 0.3) is 10.2 Å². The predicted octanol–water partition coefficient (Wildman–Crippen LogP) is 1.76. The molecule has 0 bridgehead atoms. The highest BCUT2D eigenvalue weighted by atomic mass is 32.1. The van der Waals surface area contributed by atoms with Crippen LogP contribution in [0.5, 0.6) is 5.75 Å². The standard InChI is InChI=1S/C19H20N4O4S/c1-10-5-6-11(2)13(7-10)27-8-14(24)21-22-17(25)16-12(3)15-18(28-16)20-9-23(4)19(15)26/h5-7,9H,8H2,1-4H3,(H,21,24)(H,22,25). The Kier molecular flexibility index (Phi) is 5.46. The molecule has 0 atom stereocenters. The Morgan fingerprint density at radius 3 is 2.71 bits per heavy atom. The van der Waals surface area contributed by atoms with E-state index in [0.29, 0.717) is 26.4 Å². The first-order valence-corrected chi connectivity index (χ1v) is 9.33. The largest absolute Gasteiger partial charge is 0.483 e. The van der Waals surface area contributed by atoms with Crippen LogP contribution in [0.1, 0.15) is 26.4 Å². The number of amides is 2. The second-order valence-electron chi connectivity index (χ2n) is 6.46. The quantitative estimate of drug-likeness (QED) is 0.650. The first-order valence-electron chi connectivity index (χ1n) is 8.52. The monoisotopic (exact) mass is 400 g/mol. The molecular formula is C19H20N4O4S. The minimum atomic E-state index is -0.511. The highest BCUT2D eigenvalue weighted by Gasteiger charge is 2.19. The van der Waals surface area contributed by atoms with Crippen LogP contribution >= 0.6 is 11.3 Å². The Labute approximate surface area is 165 Å². The summed E-state index contributed by atoms with van der Waals surface area (Å²) in [6.45, 7) is 5.26. The highest BCUT2D eigenvalue weighted by Crippen LogP contribution is 2.26. The van der Waals surface area contributed by atoms with E-state index in [-0.39, 0.29) is 12.2 Å². The molecule has 0 saturated carbocycles. The molecule has 2 heterocycles. The lowest BCUT2D eigenvalue weighted by atomic mass is 10.1. The van der Waals surface area contributed by atoms with Crippen molar-refractivity contribution in [3.05, 3.63) is 56.4 Å². The zero-order chi connectivity index (χ0) is 20.4. The Morgan fingerprint density at radius 1 is 1.21 bits per heavy atom. The third-order valence-electron chi connectivity index (χ3n) is 4.23. The number of rotatable bonds is 4. The van der Waals surface area contributed by atoms with Crippen LogP contribution in [0.3, 0.4) is 0 Å². The lowest BCUT2D eigenvalue weighted by molar-refractivity contribution is -0.123. The molecule has 0 saturated heterocycles. The summed E-state index contributed by atoms with van der Waals surface area (Å²) in [6, 6.07) is 5.71. The molecule has 9 heteroatoms. The zero-order valence-corrected chi connectivity index (χ0v) is 16.8. The van der Waals surface area contributed by atoms with Crippen molar-refractivity contribution in [1.82, 2.24) is 20.4 Å². The van der Waals surface area contributed by atoms with Crippen molar-refractivity contribution in [3.8, 4) is 5.75 Å². The number of hydrogen-bond acceptors (Lipinski definition) is 6. The van der Waals surface area contributed by atoms with Gasteiger partial charge in [-0.15, -0.1) is 11.3 Å². The normalized spacial score (nSPS) is 10.7. The van der Waals surface area contributed by atoms with Gasteiger partial charge in [-0.25, -0.2) is 4.98 Å². The summed E-state index contributed by atoms with van der Waals surface area (Å²) in [5.41, 5.74) is 6.93. The van der Waals surface area contributed by atoms with Crippen molar-refractivity contribution in [2.24, 2.45) is 7.05 Å². The van der Waals surface area contributed by atoms with E-state index < -0.39 is 11.8 Å². The molecular weight excluding hydrogens is 380 g/mol. The Balaban J connectivity index is 1.64. The highest BCUT2D eigenvalue weighted by molar-refractivity contribution is 7.20. The number of carbonyl (C=O) groups excluding carboxylic acids is 2. The number of aryl methyl sites for hydroxylation is 4. The number of fused-ring (bicyclic) bond motifs is 1. The Morgan fingerprint density at radius 2 is 1.96 bits per heavy atom. The maximum Gasteiger partial charge on any atom is 0.280 e. The van der Waals surface area contributed by atoms with Gasteiger partial charge in [-0.1, -0.05) is 12.1 Å². The molecule has 3 aromatic rings. The van der Waals surface area contributed by atoms with Gasteiger partial charge in [0, 0.05) is 7.05 Å². The first kappa shape index (κ1) is 19.6. The van der Waals surface area contributed by atoms with Crippen molar-refractivity contribution in [3.63, 3.8) is 0 Å². The summed E-state index contributed by atoms with van der Waals surface area (Å²) in [5, 5.41) is 0.407. The number of ether oxygens (including phenoxy) is 1. The smallest absolute Gasteiger partial charge is 0.280 e. The van der Waals surface area contributed by atoms with Crippen LogP contribution in [0, 0.1) is 20.8 Å². The predicted molar refractivity (Wildman–Crippen MR) is 107 cm³/mol. The fourth-order valence-electron chi connectivity index (χ4n) is 2.65. The third-order valence-corrected chi connectivity index (χ3v) is 5.43. The molecule has 0 unspecified atom stereocenters. The SMILES string of the molecule is Cc1ccc(C)c(OCC(=O)NNC(=O)c2sc3ncn(C)c(=O)c3c2C)c1. The molecule has 146 valence electrons. The number of carbonyl (C=O) groups is 2. The summed E-state index contributed by atoms with van der Waals surface area (Å²) < 4.78 is 6.86. The lowest BCUT2D eigenvalue weighted by Crippen LogP contribution is -2.43. The van der Waals surface area contributed by atoms with E-state index in [2.05, 4.69) is 15.8 Å². The maximum atomic E-state index is 12.4. The molecule has 2 N–H and O–H groups in total. The van der Waals surface area contributed by atoms with Crippen LogP contribution in [-0.4, -0.2) is 28.0 Å².